The van der Waals surface area contributed by atoms with Crippen LogP contribution in [0.2, 0.25) is 0 Å². The molecule has 0 radical (unpaired) electrons. The highest BCUT2D eigenvalue weighted by molar-refractivity contribution is 14.0. The minimum Gasteiger partial charge on any atom is -0.468 e. The summed E-state index contributed by atoms with van der Waals surface area (Å²) < 4.78 is 5.58. The second-order valence-electron chi connectivity index (χ2n) is 4.50. The number of furan rings is 1. The zero-order chi connectivity index (χ0) is 14.8. The molecule has 1 atom stereocenters. The molecular weight excluding hydrogens is 379 g/mol. The number of rotatable bonds is 8. The number of nitrogens with one attached hydrogen (secondary N) is 2. The highest BCUT2D eigenvalue weighted by atomic mass is 127. The van der Waals surface area contributed by atoms with E-state index in [1.54, 1.807) is 6.26 Å². The molecule has 5 nitrogen and oxygen atoms in total. The molecule has 1 unspecified atom stereocenters. The molecule has 1 aromatic heterocycles. The highest BCUT2D eigenvalue weighted by Gasteiger charge is 2.20. The lowest BCUT2D eigenvalue weighted by Gasteiger charge is -2.27. The van der Waals surface area contributed by atoms with Gasteiger partial charge in [-0.15, -0.1) is 24.0 Å². The van der Waals surface area contributed by atoms with Gasteiger partial charge in [-0.05, 0) is 39.1 Å². The minimum atomic E-state index is 0. The van der Waals surface area contributed by atoms with Crippen LogP contribution in [0.5, 0.6) is 0 Å². The number of hydrogen-bond acceptors (Lipinski definition) is 3. The number of halogens is 1. The van der Waals surface area contributed by atoms with E-state index in [9.17, 15) is 0 Å². The Morgan fingerprint density at radius 1 is 1.19 bits per heavy atom. The van der Waals surface area contributed by atoms with Gasteiger partial charge in [0.2, 0.25) is 0 Å². The van der Waals surface area contributed by atoms with E-state index in [0.29, 0.717) is 6.54 Å². The summed E-state index contributed by atoms with van der Waals surface area (Å²) in [7, 11) is 0. The Balaban J connectivity index is 0.00000400. The van der Waals surface area contributed by atoms with Gasteiger partial charge in [-0.2, -0.15) is 0 Å². The second kappa shape index (κ2) is 11.9. The van der Waals surface area contributed by atoms with Crippen molar-refractivity contribution in [2.24, 2.45) is 4.99 Å². The molecule has 1 heterocycles. The molecule has 21 heavy (non-hydrogen) atoms. The normalized spacial score (nSPS) is 11.7. The molecule has 0 saturated carbocycles. The maximum Gasteiger partial charge on any atom is 0.191 e. The van der Waals surface area contributed by atoms with Crippen LogP contribution < -0.4 is 10.6 Å². The standard InChI is InChI=1S/C15H28N4O.HI/c1-5-16-15(17-6-2)18-12-13(19(7-3)8-4)14-10-9-11-20-14;/h9-11,13H,5-8,12H2,1-4H3,(H2,16,17,18);1H. The molecule has 0 aliphatic carbocycles. The van der Waals surface area contributed by atoms with Crippen LogP contribution in [0.25, 0.3) is 0 Å². The van der Waals surface area contributed by atoms with Gasteiger partial charge in [0.1, 0.15) is 5.76 Å². The Morgan fingerprint density at radius 2 is 1.81 bits per heavy atom. The van der Waals surface area contributed by atoms with Crippen LogP contribution >= 0.6 is 24.0 Å². The Kier molecular flexibility index (Phi) is 11.4. The van der Waals surface area contributed by atoms with E-state index in [0.717, 1.165) is 37.9 Å². The van der Waals surface area contributed by atoms with E-state index in [2.05, 4.69) is 48.2 Å². The average Bonchev–Trinajstić information content (AvgIpc) is 2.97. The molecule has 0 aromatic carbocycles. The SMILES string of the molecule is CCNC(=NCC(c1ccco1)N(CC)CC)NCC.I. The summed E-state index contributed by atoms with van der Waals surface area (Å²) in [6.07, 6.45) is 1.73. The zero-order valence-corrected chi connectivity index (χ0v) is 15.9. The third-order valence-corrected chi connectivity index (χ3v) is 3.24. The number of nitrogens with zero attached hydrogens (tertiary/aromatic N) is 2. The first-order valence-corrected chi connectivity index (χ1v) is 7.56. The third kappa shape index (κ3) is 6.69. The highest BCUT2D eigenvalue weighted by Crippen LogP contribution is 2.21. The van der Waals surface area contributed by atoms with Crippen molar-refractivity contribution in [1.29, 1.82) is 0 Å². The molecule has 0 aliphatic heterocycles. The quantitative estimate of drug-likeness (QED) is 0.395. The van der Waals surface area contributed by atoms with Gasteiger partial charge in [0.15, 0.2) is 5.96 Å². The molecule has 1 aromatic rings. The van der Waals surface area contributed by atoms with E-state index in [-0.39, 0.29) is 30.0 Å². The Morgan fingerprint density at radius 3 is 2.24 bits per heavy atom. The maximum atomic E-state index is 5.58. The summed E-state index contributed by atoms with van der Waals surface area (Å²) in [4.78, 5) is 7.03. The molecule has 0 aliphatic rings. The van der Waals surface area contributed by atoms with Crippen molar-refractivity contribution in [3.8, 4) is 0 Å². The monoisotopic (exact) mass is 408 g/mol. The van der Waals surface area contributed by atoms with Crippen LogP contribution in [0.3, 0.4) is 0 Å². The molecular formula is C15H29IN4O. The van der Waals surface area contributed by atoms with Crippen LogP contribution in [0.1, 0.15) is 39.5 Å². The molecule has 1 rings (SSSR count). The van der Waals surface area contributed by atoms with Crippen molar-refractivity contribution in [2.75, 3.05) is 32.7 Å². The average molecular weight is 408 g/mol. The van der Waals surface area contributed by atoms with Crippen LogP contribution in [-0.2, 0) is 0 Å². The molecule has 0 fully saturated rings. The summed E-state index contributed by atoms with van der Waals surface area (Å²) in [6, 6.07) is 4.15. The summed E-state index contributed by atoms with van der Waals surface area (Å²) in [6.45, 7) is 12.8. The van der Waals surface area contributed by atoms with Crippen molar-refractivity contribution in [2.45, 2.75) is 33.7 Å². The summed E-state index contributed by atoms with van der Waals surface area (Å²) in [5, 5.41) is 6.50. The molecule has 2 N–H and O–H groups in total. The van der Waals surface area contributed by atoms with Crippen molar-refractivity contribution in [3.63, 3.8) is 0 Å². The molecule has 0 spiro atoms. The largest absolute Gasteiger partial charge is 0.468 e. The summed E-state index contributed by atoms with van der Waals surface area (Å²) in [5.74, 6) is 1.84. The molecule has 0 bridgehead atoms. The third-order valence-electron chi connectivity index (χ3n) is 3.24. The summed E-state index contributed by atoms with van der Waals surface area (Å²) >= 11 is 0. The first kappa shape index (κ1) is 20.2. The summed E-state index contributed by atoms with van der Waals surface area (Å²) in [5.41, 5.74) is 0. The number of guanidine groups is 1. The molecule has 0 amide bonds. The smallest absolute Gasteiger partial charge is 0.191 e. The van der Waals surface area contributed by atoms with E-state index in [1.165, 1.54) is 0 Å². The lowest BCUT2D eigenvalue weighted by Crippen LogP contribution is -2.38. The Bertz CT molecular complexity index is 369. The Hall–Kier alpha value is -0.760. The first-order chi connectivity index (χ1) is 9.76. The van der Waals surface area contributed by atoms with Crippen LogP contribution in [0, 0.1) is 0 Å². The van der Waals surface area contributed by atoms with Gasteiger partial charge in [-0.25, -0.2) is 0 Å². The van der Waals surface area contributed by atoms with Crippen molar-refractivity contribution in [3.05, 3.63) is 24.2 Å². The fraction of sp³-hybridized carbons (Fsp3) is 0.667. The van der Waals surface area contributed by atoms with E-state index in [1.807, 2.05) is 12.1 Å². The molecule has 0 saturated heterocycles. The van der Waals surface area contributed by atoms with Crippen molar-refractivity contribution in [1.82, 2.24) is 15.5 Å². The van der Waals surface area contributed by atoms with Gasteiger partial charge in [0.25, 0.3) is 0 Å². The lowest BCUT2D eigenvalue weighted by molar-refractivity contribution is 0.198. The van der Waals surface area contributed by atoms with E-state index in [4.69, 9.17) is 4.42 Å². The van der Waals surface area contributed by atoms with Gasteiger partial charge in [-0.3, -0.25) is 9.89 Å². The topological polar surface area (TPSA) is 52.8 Å². The van der Waals surface area contributed by atoms with Crippen LogP contribution in [0.4, 0.5) is 0 Å². The zero-order valence-electron chi connectivity index (χ0n) is 13.6. The fourth-order valence-electron chi connectivity index (χ4n) is 2.22. The first-order valence-electron chi connectivity index (χ1n) is 7.56. The predicted molar refractivity (Wildman–Crippen MR) is 99.4 cm³/mol. The van der Waals surface area contributed by atoms with E-state index < -0.39 is 0 Å². The number of likely N-dealkylation sites (N-methyl/N-ethyl adjacent to an activating group) is 1. The van der Waals surface area contributed by atoms with Crippen LogP contribution in [-0.4, -0.2) is 43.6 Å². The molecule has 122 valence electrons. The fourth-order valence-corrected chi connectivity index (χ4v) is 2.22. The van der Waals surface area contributed by atoms with Gasteiger partial charge < -0.3 is 15.1 Å². The van der Waals surface area contributed by atoms with Gasteiger partial charge in [0, 0.05) is 13.1 Å². The number of hydrogen-bond donors (Lipinski definition) is 2. The van der Waals surface area contributed by atoms with Crippen molar-refractivity contribution >= 4 is 29.9 Å². The predicted octanol–water partition coefficient (Wildman–Crippen LogP) is 2.86. The van der Waals surface area contributed by atoms with Gasteiger partial charge >= 0.3 is 0 Å². The lowest BCUT2D eigenvalue weighted by atomic mass is 10.2. The maximum absolute atomic E-state index is 5.58. The van der Waals surface area contributed by atoms with Crippen molar-refractivity contribution < 1.29 is 4.42 Å². The van der Waals surface area contributed by atoms with Gasteiger partial charge in [-0.1, -0.05) is 13.8 Å². The molecule has 6 heteroatoms. The Labute approximate surface area is 145 Å². The minimum absolute atomic E-state index is 0. The van der Waals surface area contributed by atoms with E-state index >= 15 is 0 Å². The van der Waals surface area contributed by atoms with Gasteiger partial charge in [0.05, 0.1) is 18.8 Å². The number of aliphatic imine (C=N–C) groups is 1. The second-order valence-corrected chi connectivity index (χ2v) is 4.50. The van der Waals surface area contributed by atoms with Crippen LogP contribution in [0.15, 0.2) is 27.8 Å².